The molecule has 0 saturated carbocycles. The maximum Gasteiger partial charge on any atom is 0.320 e. The second kappa shape index (κ2) is 6.68. The van der Waals surface area contributed by atoms with E-state index in [0.717, 1.165) is 0 Å². The van der Waals surface area contributed by atoms with Crippen LogP contribution in [0.25, 0.3) is 0 Å². The van der Waals surface area contributed by atoms with Gasteiger partial charge in [-0.05, 0) is 6.42 Å². The molecule has 1 atom stereocenters. The molecule has 0 aromatic rings. The van der Waals surface area contributed by atoms with Gasteiger partial charge in [0.15, 0.2) is 5.96 Å². The van der Waals surface area contributed by atoms with E-state index in [-0.39, 0.29) is 31.3 Å². The minimum Gasteiger partial charge on any atom is -0.480 e. The summed E-state index contributed by atoms with van der Waals surface area (Å²) in [6, 6.07) is -0.891. The summed E-state index contributed by atoms with van der Waals surface area (Å²) in [6.45, 7) is 0.246. The quantitative estimate of drug-likeness (QED) is 0.321. The molecule has 0 spiro atoms. The van der Waals surface area contributed by atoms with Crippen LogP contribution in [0.1, 0.15) is 6.42 Å². The molecule has 7 heteroatoms. The molecule has 0 rings (SSSR count). The number of rotatable bonds is 4. The smallest absolute Gasteiger partial charge is 0.320 e. The standard InChI is InChI=1S/C5H12N4O2.ClH/c6-3(4(10)11)1-2-9-5(7)8;/h3H,1-2,6H2,(H,10,11)(H4,7,8,9);1H/t3-;/m1./s1. The lowest BCUT2D eigenvalue weighted by Gasteiger charge is -2.02. The van der Waals surface area contributed by atoms with E-state index >= 15 is 0 Å². The fourth-order valence-corrected chi connectivity index (χ4v) is 0.456. The maximum atomic E-state index is 10.1. The van der Waals surface area contributed by atoms with E-state index in [1.54, 1.807) is 0 Å². The van der Waals surface area contributed by atoms with Crippen molar-refractivity contribution in [3.63, 3.8) is 0 Å². The zero-order chi connectivity index (χ0) is 8.85. The number of nitrogens with zero attached hydrogens (tertiary/aromatic N) is 1. The van der Waals surface area contributed by atoms with Crippen LogP contribution in [0, 0.1) is 0 Å². The van der Waals surface area contributed by atoms with E-state index in [2.05, 4.69) is 4.99 Å². The minimum absolute atomic E-state index is 0. The van der Waals surface area contributed by atoms with Gasteiger partial charge in [-0.3, -0.25) is 9.79 Å². The molecular formula is C5H13ClN4O2. The highest BCUT2D eigenvalue weighted by Gasteiger charge is 2.09. The van der Waals surface area contributed by atoms with E-state index in [9.17, 15) is 4.79 Å². The summed E-state index contributed by atoms with van der Waals surface area (Å²) in [5.41, 5.74) is 15.1. The van der Waals surface area contributed by atoms with Crippen LogP contribution >= 0.6 is 12.4 Å². The Morgan fingerprint density at radius 1 is 1.50 bits per heavy atom. The third-order valence-corrected chi connectivity index (χ3v) is 1.05. The molecule has 6 nitrogen and oxygen atoms in total. The number of halogens is 1. The summed E-state index contributed by atoms with van der Waals surface area (Å²) in [7, 11) is 0. The number of carbonyl (C=O) groups is 1. The summed E-state index contributed by atoms with van der Waals surface area (Å²) in [6.07, 6.45) is 0.243. The molecule has 72 valence electrons. The van der Waals surface area contributed by atoms with Crippen molar-refractivity contribution in [3.8, 4) is 0 Å². The highest BCUT2D eigenvalue weighted by molar-refractivity contribution is 5.85. The van der Waals surface area contributed by atoms with Crippen LogP contribution in [0.3, 0.4) is 0 Å². The fourth-order valence-electron chi connectivity index (χ4n) is 0.456. The Hall–Kier alpha value is -1.01. The normalized spacial score (nSPS) is 11.1. The summed E-state index contributed by atoms with van der Waals surface area (Å²) >= 11 is 0. The van der Waals surface area contributed by atoms with E-state index in [0.29, 0.717) is 0 Å². The van der Waals surface area contributed by atoms with Crippen LogP contribution in [-0.2, 0) is 4.79 Å². The Morgan fingerprint density at radius 2 is 2.00 bits per heavy atom. The van der Waals surface area contributed by atoms with Gasteiger partial charge in [0.2, 0.25) is 0 Å². The van der Waals surface area contributed by atoms with Crippen molar-refractivity contribution in [1.82, 2.24) is 0 Å². The molecule has 0 aromatic heterocycles. The second-order valence-corrected chi connectivity index (χ2v) is 2.04. The first kappa shape index (κ1) is 13.6. The Labute approximate surface area is 76.2 Å². The zero-order valence-corrected chi connectivity index (χ0v) is 7.25. The molecule has 0 saturated heterocycles. The predicted octanol–water partition coefficient (Wildman–Crippen LogP) is -1.52. The molecule has 0 amide bonds. The molecule has 0 bridgehead atoms. The minimum atomic E-state index is -1.05. The highest BCUT2D eigenvalue weighted by atomic mass is 35.5. The van der Waals surface area contributed by atoms with Crippen molar-refractivity contribution < 1.29 is 9.90 Å². The topological polar surface area (TPSA) is 128 Å². The molecule has 0 unspecified atom stereocenters. The van der Waals surface area contributed by atoms with Gasteiger partial charge in [-0.25, -0.2) is 0 Å². The van der Waals surface area contributed by atoms with Crippen LogP contribution in [-0.4, -0.2) is 29.6 Å². The lowest BCUT2D eigenvalue weighted by molar-refractivity contribution is -0.138. The Morgan fingerprint density at radius 3 is 2.33 bits per heavy atom. The first-order valence-corrected chi connectivity index (χ1v) is 3.08. The number of hydrogen-bond acceptors (Lipinski definition) is 3. The lowest BCUT2D eigenvalue weighted by atomic mass is 10.2. The van der Waals surface area contributed by atoms with Crippen LogP contribution in [0.15, 0.2) is 4.99 Å². The number of guanidine groups is 1. The first-order chi connectivity index (χ1) is 5.04. The predicted molar refractivity (Wildman–Crippen MR) is 48.2 cm³/mol. The molecule has 0 aromatic carbocycles. The van der Waals surface area contributed by atoms with Crippen molar-refractivity contribution in [2.45, 2.75) is 12.5 Å². The van der Waals surface area contributed by atoms with E-state index in [4.69, 9.17) is 22.3 Å². The van der Waals surface area contributed by atoms with Crippen molar-refractivity contribution >= 4 is 24.3 Å². The first-order valence-electron chi connectivity index (χ1n) is 3.08. The van der Waals surface area contributed by atoms with E-state index < -0.39 is 12.0 Å². The lowest BCUT2D eigenvalue weighted by Crippen LogP contribution is -2.31. The Balaban J connectivity index is 0. The van der Waals surface area contributed by atoms with Crippen LogP contribution in [0.5, 0.6) is 0 Å². The summed E-state index contributed by atoms with van der Waals surface area (Å²) in [4.78, 5) is 13.7. The summed E-state index contributed by atoms with van der Waals surface area (Å²) in [5, 5.41) is 8.31. The largest absolute Gasteiger partial charge is 0.480 e. The average Bonchev–Trinajstić information content (AvgIpc) is 1.86. The number of nitrogens with two attached hydrogens (primary N) is 3. The Kier molecular flexibility index (Phi) is 7.56. The van der Waals surface area contributed by atoms with Gasteiger partial charge in [-0.1, -0.05) is 0 Å². The third kappa shape index (κ3) is 7.10. The van der Waals surface area contributed by atoms with Crippen molar-refractivity contribution in [2.24, 2.45) is 22.2 Å². The van der Waals surface area contributed by atoms with Crippen molar-refractivity contribution in [1.29, 1.82) is 0 Å². The van der Waals surface area contributed by atoms with Crippen LogP contribution in [0.4, 0.5) is 0 Å². The van der Waals surface area contributed by atoms with Gasteiger partial charge in [0.05, 0.1) is 0 Å². The number of hydrogen-bond donors (Lipinski definition) is 4. The highest BCUT2D eigenvalue weighted by Crippen LogP contribution is 1.87. The molecule has 0 aliphatic rings. The zero-order valence-electron chi connectivity index (χ0n) is 6.43. The van der Waals surface area contributed by atoms with Gasteiger partial charge in [0.25, 0.3) is 0 Å². The number of carboxylic acid groups (broad SMARTS) is 1. The van der Waals surface area contributed by atoms with E-state index in [1.807, 2.05) is 0 Å². The van der Waals surface area contributed by atoms with Crippen molar-refractivity contribution in [3.05, 3.63) is 0 Å². The molecule has 0 aliphatic carbocycles. The fraction of sp³-hybridized carbons (Fsp3) is 0.600. The van der Waals surface area contributed by atoms with Gasteiger partial charge < -0.3 is 22.3 Å². The van der Waals surface area contributed by atoms with Crippen LogP contribution in [0.2, 0.25) is 0 Å². The summed E-state index contributed by atoms with van der Waals surface area (Å²) in [5.74, 6) is -1.10. The Bertz CT molecular complexity index is 169. The third-order valence-electron chi connectivity index (χ3n) is 1.05. The van der Waals surface area contributed by atoms with Gasteiger partial charge in [-0.15, -0.1) is 12.4 Å². The second-order valence-electron chi connectivity index (χ2n) is 2.04. The summed E-state index contributed by atoms with van der Waals surface area (Å²) < 4.78 is 0. The van der Waals surface area contributed by atoms with Crippen LogP contribution < -0.4 is 17.2 Å². The van der Waals surface area contributed by atoms with Gasteiger partial charge in [-0.2, -0.15) is 0 Å². The molecule has 0 fully saturated rings. The van der Waals surface area contributed by atoms with Gasteiger partial charge >= 0.3 is 5.97 Å². The molecular weight excluding hydrogens is 184 g/mol. The molecule has 0 aliphatic heterocycles. The molecule has 0 heterocycles. The SMILES string of the molecule is Cl.NC(N)=NCC[C@@H](N)C(=O)O. The maximum absolute atomic E-state index is 10.1. The number of aliphatic imine (C=N–C) groups is 1. The molecule has 0 radical (unpaired) electrons. The molecule has 7 N–H and O–H groups in total. The van der Waals surface area contributed by atoms with E-state index in [1.165, 1.54) is 0 Å². The number of aliphatic carboxylic acids is 1. The van der Waals surface area contributed by atoms with Crippen molar-refractivity contribution in [2.75, 3.05) is 6.54 Å². The average molecular weight is 197 g/mol. The monoisotopic (exact) mass is 196 g/mol. The number of carboxylic acids is 1. The van der Waals surface area contributed by atoms with Gasteiger partial charge in [0.1, 0.15) is 6.04 Å². The molecule has 12 heavy (non-hydrogen) atoms. The van der Waals surface area contributed by atoms with Gasteiger partial charge in [0, 0.05) is 6.54 Å².